The number of nitrogens with zero attached hydrogens (tertiary/aromatic N) is 4. The zero-order chi connectivity index (χ0) is 22.2. The van der Waals surface area contributed by atoms with E-state index in [0.29, 0.717) is 29.8 Å². The van der Waals surface area contributed by atoms with E-state index in [2.05, 4.69) is 27.9 Å². The van der Waals surface area contributed by atoms with Crippen molar-refractivity contribution in [2.75, 3.05) is 0 Å². The Morgan fingerprint density at radius 2 is 2.16 bits per heavy atom. The molecule has 3 rings (SSSR count). The Morgan fingerprint density at radius 1 is 1.32 bits per heavy atom. The Labute approximate surface area is 181 Å². The van der Waals surface area contributed by atoms with Crippen LogP contribution in [0.15, 0.2) is 61.3 Å². The van der Waals surface area contributed by atoms with Crippen LogP contribution < -0.4 is 4.74 Å². The highest BCUT2D eigenvalue weighted by Crippen LogP contribution is 2.30. The van der Waals surface area contributed by atoms with E-state index in [0.717, 1.165) is 22.6 Å². The number of hydrogen-bond donors (Lipinski definition) is 1. The molecule has 31 heavy (non-hydrogen) atoms. The van der Waals surface area contributed by atoms with Gasteiger partial charge in [-0.2, -0.15) is 15.5 Å². The van der Waals surface area contributed by atoms with Gasteiger partial charge in [-0.15, -0.1) is 0 Å². The van der Waals surface area contributed by atoms with Gasteiger partial charge in [0.05, 0.1) is 23.9 Å². The van der Waals surface area contributed by atoms with E-state index < -0.39 is 0 Å². The predicted octanol–water partition coefficient (Wildman–Crippen LogP) is 5.50. The minimum atomic E-state index is -0.346. The zero-order valence-corrected chi connectivity index (χ0v) is 17.6. The summed E-state index contributed by atoms with van der Waals surface area (Å²) >= 11 is 0. The second kappa shape index (κ2) is 10.2. The third-order valence-electron chi connectivity index (χ3n) is 4.83. The minimum Gasteiger partial charge on any atom is -0.488 e. The number of allylic oxidation sites excluding steroid dienone is 5. The first-order chi connectivity index (χ1) is 15.0. The van der Waals surface area contributed by atoms with E-state index in [9.17, 15) is 4.39 Å². The molecule has 0 saturated heterocycles. The monoisotopic (exact) mass is 417 g/mol. The number of hydrogen-bond acceptors (Lipinski definition) is 4. The Kier molecular flexibility index (Phi) is 7.17. The van der Waals surface area contributed by atoms with Crippen LogP contribution in [0.1, 0.15) is 29.8 Å². The van der Waals surface area contributed by atoms with Crippen molar-refractivity contribution in [3.05, 3.63) is 84.1 Å². The van der Waals surface area contributed by atoms with E-state index in [-0.39, 0.29) is 12.4 Å². The molecule has 1 N–H and O–H groups in total. The maximum Gasteiger partial charge on any atom is 0.129 e. The Hall–Kier alpha value is -3.92. The van der Waals surface area contributed by atoms with E-state index in [1.165, 1.54) is 12.1 Å². The summed E-state index contributed by atoms with van der Waals surface area (Å²) in [6.45, 7) is 7.99. The Bertz CT molecular complexity index is 1150. The molecular formula is C24H24FN5O. The summed E-state index contributed by atoms with van der Waals surface area (Å²) in [6.07, 6.45) is 10.00. The highest BCUT2D eigenvalue weighted by molar-refractivity contribution is 5.66. The Morgan fingerprint density at radius 3 is 2.87 bits per heavy atom. The third kappa shape index (κ3) is 5.17. The summed E-state index contributed by atoms with van der Waals surface area (Å²) in [5, 5.41) is 20.2. The SMILES string of the molecule is C=C/C=C(\C/C=C\CC#N)n1nc(C)c(COc2ccc(F)cc2-c2ccn[nH]2)c1C. The van der Waals surface area contributed by atoms with E-state index in [4.69, 9.17) is 10.00 Å². The minimum absolute atomic E-state index is 0.288. The van der Waals surface area contributed by atoms with Gasteiger partial charge in [0.25, 0.3) is 0 Å². The number of H-pyrrole nitrogens is 1. The van der Waals surface area contributed by atoms with Gasteiger partial charge in [0.2, 0.25) is 0 Å². The highest BCUT2D eigenvalue weighted by Gasteiger charge is 2.16. The number of ether oxygens (including phenoxy) is 1. The summed E-state index contributed by atoms with van der Waals surface area (Å²) in [5.74, 6) is 0.208. The molecule has 6 nitrogen and oxygen atoms in total. The van der Waals surface area contributed by atoms with Gasteiger partial charge in [0.1, 0.15) is 18.2 Å². The molecule has 1 aromatic carbocycles. The molecule has 3 aromatic rings. The molecule has 2 heterocycles. The average Bonchev–Trinajstić information content (AvgIpc) is 3.38. The molecule has 0 aliphatic rings. The van der Waals surface area contributed by atoms with Crippen LogP contribution in [0.4, 0.5) is 4.39 Å². The van der Waals surface area contributed by atoms with Crippen LogP contribution in [-0.4, -0.2) is 20.0 Å². The zero-order valence-electron chi connectivity index (χ0n) is 17.6. The van der Waals surface area contributed by atoms with Crippen molar-refractivity contribution in [2.24, 2.45) is 0 Å². The van der Waals surface area contributed by atoms with Crippen LogP contribution in [0, 0.1) is 31.0 Å². The molecule has 0 radical (unpaired) electrons. The molecule has 0 fully saturated rings. The van der Waals surface area contributed by atoms with Crippen LogP contribution in [-0.2, 0) is 6.61 Å². The van der Waals surface area contributed by atoms with Crippen molar-refractivity contribution >= 4 is 5.70 Å². The lowest BCUT2D eigenvalue weighted by atomic mass is 10.1. The number of aromatic amines is 1. The van der Waals surface area contributed by atoms with Crippen molar-refractivity contribution in [3.8, 4) is 23.1 Å². The van der Waals surface area contributed by atoms with Crippen molar-refractivity contribution in [1.82, 2.24) is 20.0 Å². The second-order valence-electron chi connectivity index (χ2n) is 6.89. The van der Waals surface area contributed by atoms with Crippen LogP contribution >= 0.6 is 0 Å². The smallest absolute Gasteiger partial charge is 0.129 e. The molecule has 0 atom stereocenters. The normalized spacial score (nSPS) is 11.6. The van der Waals surface area contributed by atoms with Gasteiger partial charge < -0.3 is 4.74 Å². The molecule has 7 heteroatoms. The largest absolute Gasteiger partial charge is 0.488 e. The van der Waals surface area contributed by atoms with E-state index in [1.54, 1.807) is 24.4 Å². The maximum absolute atomic E-state index is 13.8. The predicted molar refractivity (Wildman–Crippen MR) is 118 cm³/mol. The Balaban J connectivity index is 1.85. The number of aryl methyl sites for hydroxylation is 1. The van der Waals surface area contributed by atoms with Gasteiger partial charge in [0.15, 0.2) is 0 Å². The van der Waals surface area contributed by atoms with Gasteiger partial charge in [-0.3, -0.25) is 5.10 Å². The summed E-state index contributed by atoms with van der Waals surface area (Å²) in [5.41, 5.74) is 4.98. The van der Waals surface area contributed by atoms with Gasteiger partial charge in [-0.1, -0.05) is 24.8 Å². The lowest BCUT2D eigenvalue weighted by Gasteiger charge is -2.12. The van der Waals surface area contributed by atoms with Crippen LogP contribution in [0.3, 0.4) is 0 Å². The maximum atomic E-state index is 13.8. The first-order valence-corrected chi connectivity index (χ1v) is 9.86. The molecule has 0 aliphatic heterocycles. The molecule has 2 aromatic heterocycles. The fraction of sp³-hybridized carbons (Fsp3) is 0.208. The number of nitriles is 1. The number of halogens is 1. The van der Waals surface area contributed by atoms with Gasteiger partial charge >= 0.3 is 0 Å². The summed E-state index contributed by atoms with van der Waals surface area (Å²) in [4.78, 5) is 0. The molecular weight excluding hydrogens is 393 g/mol. The van der Waals surface area contributed by atoms with Gasteiger partial charge in [0, 0.05) is 35.1 Å². The molecule has 0 unspecified atom stereocenters. The number of benzene rings is 1. The quantitative estimate of drug-likeness (QED) is 0.368. The lowest BCUT2D eigenvalue weighted by Crippen LogP contribution is -2.03. The van der Waals surface area contributed by atoms with Crippen molar-refractivity contribution in [2.45, 2.75) is 33.3 Å². The topological polar surface area (TPSA) is 79.5 Å². The molecule has 0 saturated carbocycles. The fourth-order valence-corrected chi connectivity index (χ4v) is 3.26. The third-order valence-corrected chi connectivity index (χ3v) is 4.83. The van der Waals surface area contributed by atoms with Crippen LogP contribution in [0.5, 0.6) is 5.75 Å². The first kappa shape index (κ1) is 21.8. The summed E-state index contributed by atoms with van der Waals surface area (Å²) in [7, 11) is 0. The highest BCUT2D eigenvalue weighted by atomic mass is 19.1. The summed E-state index contributed by atoms with van der Waals surface area (Å²) in [6, 6.07) is 8.27. The van der Waals surface area contributed by atoms with Gasteiger partial charge in [-0.05, 0) is 44.2 Å². The van der Waals surface area contributed by atoms with Crippen LogP contribution in [0.2, 0.25) is 0 Å². The molecule has 0 aliphatic carbocycles. The molecule has 0 spiro atoms. The van der Waals surface area contributed by atoms with Crippen molar-refractivity contribution in [1.29, 1.82) is 5.26 Å². The van der Waals surface area contributed by atoms with Gasteiger partial charge in [-0.25, -0.2) is 9.07 Å². The second-order valence-corrected chi connectivity index (χ2v) is 6.89. The van der Waals surface area contributed by atoms with E-state index in [1.807, 2.05) is 36.8 Å². The molecule has 0 bridgehead atoms. The average molecular weight is 417 g/mol. The van der Waals surface area contributed by atoms with Crippen molar-refractivity contribution in [3.63, 3.8) is 0 Å². The molecule has 158 valence electrons. The van der Waals surface area contributed by atoms with E-state index >= 15 is 0 Å². The lowest BCUT2D eigenvalue weighted by molar-refractivity contribution is 0.305. The molecule has 0 amide bonds. The number of aromatic nitrogens is 4. The van der Waals surface area contributed by atoms with Crippen molar-refractivity contribution < 1.29 is 9.13 Å². The number of rotatable bonds is 9. The first-order valence-electron chi connectivity index (χ1n) is 9.86. The fourth-order valence-electron chi connectivity index (χ4n) is 3.26. The standard InChI is InChI=1S/C24H24FN5O/c1-4-8-20(9-6-5-7-13-26)30-18(3)22(17(2)29-30)16-31-24-11-10-19(25)15-21(24)23-12-14-27-28-23/h4-6,8,10-12,14-15H,1,7,9,16H2,2-3H3,(H,27,28)/b6-5-,20-8+. The number of nitrogens with one attached hydrogen (secondary N) is 1. The summed E-state index contributed by atoms with van der Waals surface area (Å²) < 4.78 is 21.7. The van der Waals surface area contributed by atoms with Crippen LogP contribution in [0.25, 0.3) is 17.0 Å².